The normalized spacial score (nSPS) is 19.1. The van der Waals surface area contributed by atoms with Crippen LogP contribution in [-0.4, -0.2) is 58.8 Å². The maximum Gasteiger partial charge on any atom is 0.295 e. The standard InChI is InChI=1S/C20H20ClN3O3/c1-23(2)11-12-24-17(13-7-9-22-10-8-13)16(19(26)20(24)27)18(25)14-3-5-15(21)6-4-14/h3-10,17,25H,11-12H2,1-2H3/t17-/m0/s1. The summed E-state index contributed by atoms with van der Waals surface area (Å²) >= 11 is 5.91. The number of hydrogen-bond donors (Lipinski definition) is 1. The summed E-state index contributed by atoms with van der Waals surface area (Å²) in [7, 11) is 3.79. The molecule has 0 unspecified atom stereocenters. The van der Waals surface area contributed by atoms with Gasteiger partial charge in [0.05, 0.1) is 11.6 Å². The fourth-order valence-electron chi connectivity index (χ4n) is 3.07. The summed E-state index contributed by atoms with van der Waals surface area (Å²) in [5, 5.41) is 11.4. The minimum atomic E-state index is -0.692. The van der Waals surface area contributed by atoms with Crippen LogP contribution < -0.4 is 0 Å². The quantitative estimate of drug-likeness (QED) is 0.486. The molecule has 1 aromatic carbocycles. The Labute approximate surface area is 162 Å². The summed E-state index contributed by atoms with van der Waals surface area (Å²) in [6.45, 7) is 0.956. The van der Waals surface area contributed by atoms with Gasteiger partial charge >= 0.3 is 0 Å². The summed E-state index contributed by atoms with van der Waals surface area (Å²) in [5.74, 6) is -1.52. The van der Waals surface area contributed by atoms with Gasteiger partial charge < -0.3 is 14.9 Å². The van der Waals surface area contributed by atoms with E-state index in [4.69, 9.17) is 11.6 Å². The van der Waals surface area contributed by atoms with Crippen LogP contribution >= 0.6 is 11.6 Å². The lowest BCUT2D eigenvalue weighted by Gasteiger charge is -2.26. The molecule has 1 N–H and O–H groups in total. The van der Waals surface area contributed by atoms with Crippen LogP contribution in [0.5, 0.6) is 0 Å². The fraction of sp³-hybridized carbons (Fsp3) is 0.250. The highest BCUT2D eigenvalue weighted by atomic mass is 35.5. The predicted molar refractivity (Wildman–Crippen MR) is 103 cm³/mol. The van der Waals surface area contributed by atoms with E-state index in [2.05, 4.69) is 4.98 Å². The molecule has 2 heterocycles. The molecule has 1 amide bonds. The molecular formula is C20H20ClN3O3. The van der Waals surface area contributed by atoms with Gasteiger partial charge in [-0.2, -0.15) is 0 Å². The SMILES string of the molecule is CN(C)CCN1C(=O)C(=O)C(=C(O)c2ccc(Cl)cc2)[C@@H]1c1ccncc1. The number of aromatic nitrogens is 1. The number of carbonyl (C=O) groups excluding carboxylic acids is 2. The van der Waals surface area contributed by atoms with Crippen LogP contribution in [0, 0.1) is 0 Å². The van der Waals surface area contributed by atoms with Crippen LogP contribution in [0.3, 0.4) is 0 Å². The Hall–Kier alpha value is -2.70. The van der Waals surface area contributed by atoms with Gasteiger partial charge in [-0.1, -0.05) is 11.6 Å². The zero-order chi connectivity index (χ0) is 19.6. The number of likely N-dealkylation sites (N-methyl/N-ethyl adjacent to an activating group) is 1. The van der Waals surface area contributed by atoms with Crippen LogP contribution in [0.1, 0.15) is 17.2 Å². The summed E-state index contributed by atoms with van der Waals surface area (Å²) < 4.78 is 0. The van der Waals surface area contributed by atoms with E-state index in [1.54, 1.807) is 48.8 Å². The molecule has 0 aliphatic carbocycles. The monoisotopic (exact) mass is 385 g/mol. The smallest absolute Gasteiger partial charge is 0.295 e. The third-order valence-corrected chi connectivity index (χ3v) is 4.72. The van der Waals surface area contributed by atoms with Crippen LogP contribution in [0.25, 0.3) is 5.76 Å². The number of nitrogens with zero attached hydrogens (tertiary/aromatic N) is 3. The molecule has 1 atom stereocenters. The Morgan fingerprint density at radius 2 is 1.78 bits per heavy atom. The largest absolute Gasteiger partial charge is 0.507 e. The molecule has 0 bridgehead atoms. The van der Waals surface area contributed by atoms with Crippen molar-refractivity contribution < 1.29 is 14.7 Å². The maximum atomic E-state index is 12.8. The van der Waals surface area contributed by atoms with Gasteiger partial charge in [-0.15, -0.1) is 0 Å². The van der Waals surface area contributed by atoms with E-state index in [-0.39, 0.29) is 11.3 Å². The molecule has 1 aromatic heterocycles. The lowest BCUT2D eigenvalue weighted by Crippen LogP contribution is -2.35. The van der Waals surface area contributed by atoms with Crippen LogP contribution in [0.4, 0.5) is 0 Å². The third-order valence-electron chi connectivity index (χ3n) is 4.47. The van der Waals surface area contributed by atoms with Gasteiger partial charge in [-0.25, -0.2) is 0 Å². The molecular weight excluding hydrogens is 366 g/mol. The first-order valence-corrected chi connectivity index (χ1v) is 8.87. The number of rotatable bonds is 5. The Bertz CT molecular complexity index is 879. The first kappa shape index (κ1) is 19.1. The van der Waals surface area contributed by atoms with E-state index in [1.165, 1.54) is 4.90 Å². The van der Waals surface area contributed by atoms with Gasteiger partial charge in [0.2, 0.25) is 0 Å². The second-order valence-electron chi connectivity index (χ2n) is 6.58. The molecule has 1 saturated heterocycles. The highest BCUT2D eigenvalue weighted by Gasteiger charge is 2.45. The molecule has 2 aromatic rings. The van der Waals surface area contributed by atoms with Crippen molar-refractivity contribution in [2.24, 2.45) is 0 Å². The fourth-order valence-corrected chi connectivity index (χ4v) is 3.20. The number of aliphatic hydroxyl groups is 1. The summed E-state index contributed by atoms with van der Waals surface area (Å²) in [6.07, 6.45) is 3.20. The van der Waals surface area contributed by atoms with Crippen LogP contribution in [0.2, 0.25) is 5.02 Å². The van der Waals surface area contributed by atoms with Gasteiger partial charge in [0.15, 0.2) is 0 Å². The van der Waals surface area contributed by atoms with E-state index in [0.717, 1.165) is 5.56 Å². The number of hydrogen-bond acceptors (Lipinski definition) is 5. The molecule has 0 spiro atoms. The zero-order valence-corrected chi connectivity index (χ0v) is 15.8. The number of ketones is 1. The summed E-state index contributed by atoms with van der Waals surface area (Å²) in [5.41, 5.74) is 1.23. The van der Waals surface area contributed by atoms with Crippen molar-refractivity contribution in [1.82, 2.24) is 14.8 Å². The molecule has 1 aliphatic rings. The highest BCUT2D eigenvalue weighted by Crippen LogP contribution is 2.39. The van der Waals surface area contributed by atoms with Gasteiger partial charge in [-0.3, -0.25) is 14.6 Å². The number of halogens is 1. The van der Waals surface area contributed by atoms with Crippen LogP contribution in [-0.2, 0) is 9.59 Å². The number of pyridine rings is 1. The van der Waals surface area contributed by atoms with Crippen molar-refractivity contribution in [2.75, 3.05) is 27.2 Å². The van der Waals surface area contributed by atoms with Crippen molar-refractivity contribution in [1.29, 1.82) is 0 Å². The third kappa shape index (κ3) is 3.86. The maximum absolute atomic E-state index is 12.8. The number of likely N-dealkylation sites (tertiary alicyclic amines) is 1. The predicted octanol–water partition coefficient (Wildman–Crippen LogP) is 2.72. The van der Waals surface area contributed by atoms with Gasteiger partial charge in [0.1, 0.15) is 5.76 Å². The van der Waals surface area contributed by atoms with E-state index >= 15 is 0 Å². The molecule has 140 valence electrons. The molecule has 27 heavy (non-hydrogen) atoms. The van der Waals surface area contributed by atoms with E-state index < -0.39 is 17.7 Å². The Balaban J connectivity index is 2.12. The number of aliphatic hydroxyl groups excluding tert-OH is 1. The molecule has 1 fully saturated rings. The molecule has 6 nitrogen and oxygen atoms in total. The van der Waals surface area contributed by atoms with Crippen molar-refractivity contribution in [3.63, 3.8) is 0 Å². The lowest BCUT2D eigenvalue weighted by atomic mass is 9.96. The first-order valence-electron chi connectivity index (χ1n) is 8.49. The van der Waals surface area contributed by atoms with E-state index in [1.807, 2.05) is 19.0 Å². The number of benzene rings is 1. The van der Waals surface area contributed by atoms with Crippen molar-refractivity contribution >= 4 is 29.1 Å². The lowest BCUT2D eigenvalue weighted by molar-refractivity contribution is -0.140. The summed E-state index contributed by atoms with van der Waals surface area (Å²) in [4.78, 5) is 32.9. The average Bonchev–Trinajstić information content (AvgIpc) is 2.91. The van der Waals surface area contributed by atoms with Gasteiger partial charge in [0, 0.05) is 36.1 Å². The molecule has 1 aliphatic heterocycles. The zero-order valence-electron chi connectivity index (χ0n) is 15.1. The second kappa shape index (κ2) is 7.90. The average molecular weight is 386 g/mol. The molecule has 7 heteroatoms. The van der Waals surface area contributed by atoms with Crippen LogP contribution in [0.15, 0.2) is 54.4 Å². The Morgan fingerprint density at radius 1 is 1.15 bits per heavy atom. The first-order chi connectivity index (χ1) is 12.9. The Kier molecular flexibility index (Phi) is 5.58. The van der Waals surface area contributed by atoms with E-state index in [9.17, 15) is 14.7 Å². The van der Waals surface area contributed by atoms with Crippen molar-refractivity contribution in [2.45, 2.75) is 6.04 Å². The van der Waals surface area contributed by atoms with Gasteiger partial charge in [-0.05, 0) is 56.1 Å². The van der Waals surface area contributed by atoms with Crippen molar-refractivity contribution in [3.05, 3.63) is 70.5 Å². The summed E-state index contributed by atoms with van der Waals surface area (Å²) in [6, 6.07) is 9.31. The molecule has 3 rings (SSSR count). The highest BCUT2D eigenvalue weighted by molar-refractivity contribution is 6.46. The van der Waals surface area contributed by atoms with Crippen molar-refractivity contribution in [3.8, 4) is 0 Å². The topological polar surface area (TPSA) is 73.7 Å². The second-order valence-corrected chi connectivity index (χ2v) is 7.02. The Morgan fingerprint density at radius 3 is 2.37 bits per heavy atom. The minimum Gasteiger partial charge on any atom is -0.507 e. The number of carbonyl (C=O) groups is 2. The van der Waals surface area contributed by atoms with Gasteiger partial charge in [0.25, 0.3) is 11.7 Å². The molecule has 0 radical (unpaired) electrons. The number of Topliss-reactive ketones (excluding diaryl/α,β-unsaturated/α-hetero) is 1. The molecule has 0 saturated carbocycles. The minimum absolute atomic E-state index is 0.0762. The van der Waals surface area contributed by atoms with E-state index in [0.29, 0.717) is 23.7 Å². The number of amides is 1.